The number of benzene rings is 1. The van der Waals surface area contributed by atoms with E-state index in [1.807, 2.05) is 38.1 Å². The van der Waals surface area contributed by atoms with Crippen LogP contribution in [0.1, 0.15) is 33.1 Å². The third-order valence-electron chi connectivity index (χ3n) is 2.91. The van der Waals surface area contributed by atoms with Gasteiger partial charge < -0.3 is 15.2 Å². The van der Waals surface area contributed by atoms with Crippen LogP contribution in [0.15, 0.2) is 28.7 Å². The Morgan fingerprint density at radius 3 is 2.62 bits per heavy atom. The molecule has 0 heterocycles. The lowest BCUT2D eigenvalue weighted by atomic mass is 10.1. The van der Waals surface area contributed by atoms with Gasteiger partial charge in [0.1, 0.15) is 5.75 Å². The summed E-state index contributed by atoms with van der Waals surface area (Å²) in [6.07, 6.45) is 1.30. The number of halogens is 1. The lowest BCUT2D eigenvalue weighted by Gasteiger charge is -2.13. The van der Waals surface area contributed by atoms with Gasteiger partial charge in [-0.2, -0.15) is 0 Å². The minimum Gasteiger partial charge on any atom is -0.494 e. The molecule has 0 spiro atoms. The summed E-state index contributed by atoms with van der Waals surface area (Å²) in [7, 11) is 0. The fourth-order valence-electron chi connectivity index (χ4n) is 1.90. The molecule has 1 aromatic rings. The van der Waals surface area contributed by atoms with Crippen LogP contribution in [-0.2, 0) is 4.79 Å². The SMILES string of the molecule is CC(C)CC(O)CNC(=O)CCCOc1ccc(Br)cc1. The highest BCUT2D eigenvalue weighted by molar-refractivity contribution is 9.10. The van der Waals surface area contributed by atoms with Crippen LogP contribution in [0.4, 0.5) is 0 Å². The molecule has 1 aromatic carbocycles. The molecule has 1 amide bonds. The summed E-state index contributed by atoms with van der Waals surface area (Å²) < 4.78 is 6.55. The lowest BCUT2D eigenvalue weighted by Crippen LogP contribution is -2.32. The van der Waals surface area contributed by atoms with Gasteiger partial charge in [-0.05, 0) is 43.0 Å². The van der Waals surface area contributed by atoms with E-state index >= 15 is 0 Å². The number of hydrogen-bond donors (Lipinski definition) is 2. The number of carbonyl (C=O) groups is 1. The molecule has 1 atom stereocenters. The molecule has 0 saturated carbocycles. The van der Waals surface area contributed by atoms with E-state index in [2.05, 4.69) is 21.2 Å². The molecule has 0 radical (unpaired) electrons. The standard InChI is InChI=1S/C16H24BrNO3/c1-12(2)10-14(19)11-18-16(20)4-3-9-21-15-7-5-13(17)6-8-15/h5-8,12,14,19H,3-4,9-11H2,1-2H3,(H,18,20). The maximum Gasteiger partial charge on any atom is 0.220 e. The topological polar surface area (TPSA) is 58.6 Å². The molecule has 1 rings (SSSR count). The van der Waals surface area contributed by atoms with Crippen LogP contribution in [0.25, 0.3) is 0 Å². The third kappa shape index (κ3) is 8.73. The molecule has 0 aliphatic carbocycles. The largest absolute Gasteiger partial charge is 0.494 e. The lowest BCUT2D eigenvalue weighted by molar-refractivity contribution is -0.121. The summed E-state index contributed by atoms with van der Waals surface area (Å²) in [6, 6.07) is 7.59. The van der Waals surface area contributed by atoms with E-state index < -0.39 is 6.10 Å². The van der Waals surface area contributed by atoms with Gasteiger partial charge >= 0.3 is 0 Å². The maximum absolute atomic E-state index is 11.6. The molecule has 0 bridgehead atoms. The summed E-state index contributed by atoms with van der Waals surface area (Å²) in [6.45, 7) is 4.92. The van der Waals surface area contributed by atoms with Crippen LogP contribution >= 0.6 is 15.9 Å². The predicted molar refractivity (Wildman–Crippen MR) is 87.3 cm³/mol. The van der Waals surface area contributed by atoms with E-state index in [4.69, 9.17) is 4.74 Å². The second-order valence-corrected chi connectivity index (χ2v) is 6.41. The molecule has 5 heteroatoms. The zero-order valence-corrected chi connectivity index (χ0v) is 14.2. The number of aliphatic hydroxyl groups is 1. The predicted octanol–water partition coefficient (Wildman–Crippen LogP) is 3.13. The number of hydrogen-bond acceptors (Lipinski definition) is 3. The molecular formula is C16H24BrNO3. The molecular weight excluding hydrogens is 334 g/mol. The van der Waals surface area contributed by atoms with Crippen LogP contribution < -0.4 is 10.1 Å². The monoisotopic (exact) mass is 357 g/mol. The Hall–Kier alpha value is -1.07. The smallest absolute Gasteiger partial charge is 0.220 e. The van der Waals surface area contributed by atoms with Crippen molar-refractivity contribution >= 4 is 21.8 Å². The average Bonchev–Trinajstić information content (AvgIpc) is 2.42. The summed E-state index contributed by atoms with van der Waals surface area (Å²) in [5.41, 5.74) is 0. The Bertz CT molecular complexity index is 420. The van der Waals surface area contributed by atoms with Gasteiger partial charge in [0.05, 0.1) is 12.7 Å². The van der Waals surface area contributed by atoms with Crippen LogP contribution in [-0.4, -0.2) is 30.3 Å². The van der Waals surface area contributed by atoms with Gasteiger partial charge in [0.2, 0.25) is 5.91 Å². The van der Waals surface area contributed by atoms with E-state index in [-0.39, 0.29) is 5.91 Å². The summed E-state index contributed by atoms with van der Waals surface area (Å²) >= 11 is 3.36. The van der Waals surface area contributed by atoms with Crippen LogP contribution in [0.5, 0.6) is 5.75 Å². The molecule has 0 aliphatic rings. The minimum atomic E-state index is -0.465. The highest BCUT2D eigenvalue weighted by Crippen LogP contribution is 2.16. The fraction of sp³-hybridized carbons (Fsp3) is 0.562. The first-order valence-corrected chi connectivity index (χ1v) is 8.10. The van der Waals surface area contributed by atoms with Crippen LogP contribution in [0.2, 0.25) is 0 Å². The van der Waals surface area contributed by atoms with E-state index in [9.17, 15) is 9.90 Å². The Morgan fingerprint density at radius 2 is 2.00 bits per heavy atom. The van der Waals surface area contributed by atoms with Crippen molar-refractivity contribution in [2.24, 2.45) is 5.92 Å². The van der Waals surface area contributed by atoms with Gasteiger partial charge in [0.15, 0.2) is 0 Å². The van der Waals surface area contributed by atoms with Crippen molar-refractivity contribution in [3.63, 3.8) is 0 Å². The van der Waals surface area contributed by atoms with Crippen molar-refractivity contribution in [1.82, 2.24) is 5.32 Å². The van der Waals surface area contributed by atoms with Gasteiger partial charge in [-0.3, -0.25) is 4.79 Å². The zero-order chi connectivity index (χ0) is 15.7. The Kier molecular flexibility index (Phi) is 8.38. The maximum atomic E-state index is 11.6. The molecule has 0 aliphatic heterocycles. The normalized spacial score (nSPS) is 12.2. The van der Waals surface area contributed by atoms with E-state index in [0.717, 1.165) is 10.2 Å². The number of ether oxygens (including phenoxy) is 1. The second-order valence-electron chi connectivity index (χ2n) is 5.49. The fourth-order valence-corrected chi connectivity index (χ4v) is 2.17. The van der Waals surface area contributed by atoms with Gasteiger partial charge in [0.25, 0.3) is 0 Å². The zero-order valence-electron chi connectivity index (χ0n) is 12.6. The number of amides is 1. The Balaban J connectivity index is 2.09. The van der Waals surface area contributed by atoms with Gasteiger partial charge in [-0.1, -0.05) is 29.8 Å². The first-order chi connectivity index (χ1) is 9.97. The average molecular weight is 358 g/mol. The highest BCUT2D eigenvalue weighted by Gasteiger charge is 2.08. The highest BCUT2D eigenvalue weighted by atomic mass is 79.9. The quantitative estimate of drug-likeness (QED) is 0.667. The first kappa shape index (κ1) is 18.0. The van der Waals surface area contributed by atoms with Gasteiger partial charge in [-0.15, -0.1) is 0 Å². The Labute approximate surface area is 135 Å². The van der Waals surface area contributed by atoms with Crippen molar-refractivity contribution in [3.05, 3.63) is 28.7 Å². The van der Waals surface area contributed by atoms with Crippen molar-refractivity contribution < 1.29 is 14.6 Å². The molecule has 0 saturated heterocycles. The summed E-state index contributed by atoms with van der Waals surface area (Å²) in [4.78, 5) is 11.6. The van der Waals surface area contributed by atoms with Gasteiger partial charge in [0, 0.05) is 17.4 Å². The van der Waals surface area contributed by atoms with E-state index in [0.29, 0.717) is 38.3 Å². The van der Waals surface area contributed by atoms with Crippen molar-refractivity contribution in [2.45, 2.75) is 39.2 Å². The van der Waals surface area contributed by atoms with Crippen molar-refractivity contribution in [1.29, 1.82) is 0 Å². The van der Waals surface area contributed by atoms with Crippen LogP contribution in [0, 0.1) is 5.92 Å². The van der Waals surface area contributed by atoms with Crippen molar-refractivity contribution in [2.75, 3.05) is 13.2 Å². The number of aliphatic hydroxyl groups excluding tert-OH is 1. The third-order valence-corrected chi connectivity index (χ3v) is 3.44. The second kappa shape index (κ2) is 9.79. The first-order valence-electron chi connectivity index (χ1n) is 7.30. The molecule has 118 valence electrons. The molecule has 2 N–H and O–H groups in total. The van der Waals surface area contributed by atoms with Gasteiger partial charge in [-0.25, -0.2) is 0 Å². The van der Waals surface area contributed by atoms with E-state index in [1.54, 1.807) is 0 Å². The molecule has 0 fully saturated rings. The Morgan fingerprint density at radius 1 is 1.33 bits per heavy atom. The molecule has 1 unspecified atom stereocenters. The summed E-state index contributed by atoms with van der Waals surface area (Å²) in [5.74, 6) is 1.18. The minimum absolute atomic E-state index is 0.0442. The van der Waals surface area contributed by atoms with E-state index in [1.165, 1.54) is 0 Å². The summed E-state index contributed by atoms with van der Waals surface area (Å²) in [5, 5.41) is 12.4. The molecule has 4 nitrogen and oxygen atoms in total. The number of nitrogens with one attached hydrogen (secondary N) is 1. The van der Waals surface area contributed by atoms with Crippen LogP contribution in [0.3, 0.4) is 0 Å². The number of rotatable bonds is 9. The molecule has 21 heavy (non-hydrogen) atoms. The molecule has 0 aromatic heterocycles. The van der Waals surface area contributed by atoms with Crippen molar-refractivity contribution in [3.8, 4) is 5.75 Å². The number of carbonyl (C=O) groups excluding carboxylic acids is 1.